The average Bonchev–Trinajstić information content (AvgIpc) is 3.03. The molecule has 6 nitrogen and oxygen atoms in total. The van der Waals surface area contributed by atoms with Crippen LogP contribution in [0.3, 0.4) is 0 Å². The number of amides is 2. The zero-order chi connectivity index (χ0) is 21.1. The molecule has 3 aromatic rings. The van der Waals surface area contributed by atoms with Gasteiger partial charge in [0.1, 0.15) is 6.61 Å². The Labute approximate surface area is 172 Å². The summed E-state index contributed by atoms with van der Waals surface area (Å²) in [7, 11) is 0. The van der Waals surface area contributed by atoms with Crippen molar-refractivity contribution >= 4 is 17.8 Å². The molecule has 0 unspecified atom stereocenters. The van der Waals surface area contributed by atoms with Crippen molar-refractivity contribution in [2.24, 2.45) is 0 Å². The number of esters is 1. The lowest BCUT2D eigenvalue weighted by Crippen LogP contribution is -2.29. The van der Waals surface area contributed by atoms with Crippen LogP contribution in [-0.4, -0.2) is 22.7 Å². The summed E-state index contributed by atoms with van der Waals surface area (Å²) >= 11 is 0. The summed E-state index contributed by atoms with van der Waals surface area (Å²) in [5, 5.41) is 8.82. The second-order valence-electron chi connectivity index (χ2n) is 6.83. The number of benzene rings is 3. The molecule has 0 saturated heterocycles. The average molecular weight is 396 g/mol. The highest BCUT2D eigenvalue weighted by Gasteiger charge is 2.36. The van der Waals surface area contributed by atoms with Gasteiger partial charge in [-0.1, -0.05) is 42.5 Å². The Kier molecular flexibility index (Phi) is 5.10. The van der Waals surface area contributed by atoms with Gasteiger partial charge in [0.25, 0.3) is 11.8 Å². The molecule has 1 heterocycles. The van der Waals surface area contributed by atoms with Gasteiger partial charge in [0.15, 0.2) is 0 Å². The smallest absolute Gasteiger partial charge is 0.338 e. The van der Waals surface area contributed by atoms with Crippen molar-refractivity contribution in [1.82, 2.24) is 4.90 Å². The van der Waals surface area contributed by atoms with Gasteiger partial charge in [0.05, 0.1) is 34.9 Å². The van der Waals surface area contributed by atoms with Crippen molar-refractivity contribution in [3.8, 4) is 6.07 Å². The van der Waals surface area contributed by atoms with E-state index in [1.165, 1.54) is 23.1 Å². The number of carbonyl (C=O) groups is 3. The van der Waals surface area contributed by atoms with Gasteiger partial charge in [-0.25, -0.2) is 4.79 Å². The maximum atomic E-state index is 12.8. The van der Waals surface area contributed by atoms with Crippen LogP contribution >= 0.6 is 0 Å². The SMILES string of the molecule is N#Cc1ccc(COC(=O)c2ccc3c(c2)C(=O)N(Cc2ccccc2)C3=O)cc1. The van der Waals surface area contributed by atoms with E-state index in [1.807, 2.05) is 36.4 Å². The largest absolute Gasteiger partial charge is 0.457 e. The third-order valence-corrected chi connectivity index (χ3v) is 4.84. The Morgan fingerprint density at radius 1 is 0.867 bits per heavy atom. The first-order valence-electron chi connectivity index (χ1n) is 9.27. The standard InChI is InChI=1S/C24H16N2O4/c25-13-16-6-8-18(9-7-16)15-30-24(29)19-10-11-20-21(12-19)23(28)26(22(20)27)14-17-4-2-1-3-5-17/h1-12H,14-15H2. The minimum atomic E-state index is -0.594. The van der Waals surface area contributed by atoms with Crippen LogP contribution in [0.1, 0.15) is 47.8 Å². The molecule has 30 heavy (non-hydrogen) atoms. The number of carbonyl (C=O) groups excluding carboxylic acids is 3. The normalized spacial score (nSPS) is 12.4. The summed E-state index contributed by atoms with van der Waals surface area (Å²) in [6, 6.07) is 22.3. The second kappa shape index (κ2) is 8.02. The molecule has 0 spiro atoms. The van der Waals surface area contributed by atoms with Crippen LogP contribution in [0.15, 0.2) is 72.8 Å². The number of nitrogens with zero attached hydrogens (tertiary/aromatic N) is 2. The highest BCUT2D eigenvalue weighted by molar-refractivity contribution is 6.21. The highest BCUT2D eigenvalue weighted by atomic mass is 16.5. The summed E-state index contributed by atoms with van der Waals surface area (Å²) in [6.45, 7) is 0.209. The van der Waals surface area contributed by atoms with Gasteiger partial charge >= 0.3 is 5.97 Å². The van der Waals surface area contributed by atoms with Crippen LogP contribution in [0.2, 0.25) is 0 Å². The van der Waals surface area contributed by atoms with Crippen molar-refractivity contribution in [2.75, 3.05) is 0 Å². The Bertz CT molecular complexity index is 1180. The lowest BCUT2D eigenvalue weighted by atomic mass is 10.1. The molecule has 1 aliphatic rings. The maximum absolute atomic E-state index is 12.8. The molecule has 6 heteroatoms. The molecular weight excluding hydrogens is 380 g/mol. The molecular formula is C24H16N2O4. The fourth-order valence-corrected chi connectivity index (χ4v) is 3.24. The Balaban J connectivity index is 1.48. The van der Waals surface area contributed by atoms with E-state index in [0.717, 1.165) is 11.1 Å². The van der Waals surface area contributed by atoms with Crippen LogP contribution in [0.5, 0.6) is 0 Å². The zero-order valence-corrected chi connectivity index (χ0v) is 15.9. The van der Waals surface area contributed by atoms with Crippen molar-refractivity contribution < 1.29 is 19.1 Å². The number of fused-ring (bicyclic) bond motifs is 1. The highest BCUT2D eigenvalue weighted by Crippen LogP contribution is 2.26. The van der Waals surface area contributed by atoms with E-state index >= 15 is 0 Å². The molecule has 3 aromatic carbocycles. The molecule has 0 fully saturated rings. The number of nitriles is 1. The molecule has 0 bridgehead atoms. The summed E-state index contributed by atoms with van der Waals surface area (Å²) < 4.78 is 5.30. The Hall–Kier alpha value is -4.24. The summed E-state index contributed by atoms with van der Waals surface area (Å²) in [5.41, 5.74) is 2.78. The van der Waals surface area contributed by atoms with E-state index in [2.05, 4.69) is 0 Å². The summed E-state index contributed by atoms with van der Waals surface area (Å²) in [5.74, 6) is -1.40. The Morgan fingerprint density at radius 2 is 1.57 bits per heavy atom. The van der Waals surface area contributed by atoms with Crippen LogP contribution in [0.4, 0.5) is 0 Å². The fourth-order valence-electron chi connectivity index (χ4n) is 3.24. The third-order valence-electron chi connectivity index (χ3n) is 4.84. The van der Waals surface area contributed by atoms with Crippen LogP contribution in [0.25, 0.3) is 0 Å². The third kappa shape index (κ3) is 3.69. The second-order valence-corrected chi connectivity index (χ2v) is 6.83. The molecule has 0 radical (unpaired) electrons. The molecule has 2 amide bonds. The van der Waals surface area contributed by atoms with Crippen molar-refractivity contribution in [2.45, 2.75) is 13.2 Å². The summed E-state index contributed by atoms with van der Waals surface area (Å²) in [6.07, 6.45) is 0. The minimum absolute atomic E-state index is 0.0363. The summed E-state index contributed by atoms with van der Waals surface area (Å²) in [4.78, 5) is 39.0. The number of ether oxygens (including phenoxy) is 1. The van der Waals surface area contributed by atoms with Crippen molar-refractivity contribution in [1.29, 1.82) is 5.26 Å². The number of hydrogen-bond acceptors (Lipinski definition) is 5. The van der Waals surface area contributed by atoms with Crippen LogP contribution in [-0.2, 0) is 17.9 Å². The fraction of sp³-hybridized carbons (Fsp3) is 0.0833. The van der Waals surface area contributed by atoms with Gasteiger partial charge in [-0.15, -0.1) is 0 Å². The first-order chi connectivity index (χ1) is 14.6. The lowest BCUT2D eigenvalue weighted by Gasteiger charge is -2.13. The molecule has 4 rings (SSSR count). The number of imide groups is 1. The molecule has 0 aromatic heterocycles. The van der Waals surface area contributed by atoms with E-state index in [9.17, 15) is 14.4 Å². The number of rotatable bonds is 5. The minimum Gasteiger partial charge on any atom is -0.457 e. The van der Waals surface area contributed by atoms with Gasteiger partial charge in [-0.3, -0.25) is 14.5 Å². The predicted molar refractivity (Wildman–Crippen MR) is 107 cm³/mol. The monoisotopic (exact) mass is 396 g/mol. The van der Waals surface area contributed by atoms with Crippen molar-refractivity contribution in [3.63, 3.8) is 0 Å². The van der Waals surface area contributed by atoms with Gasteiger partial charge in [-0.05, 0) is 41.5 Å². The van der Waals surface area contributed by atoms with E-state index in [-0.39, 0.29) is 35.7 Å². The quantitative estimate of drug-likeness (QED) is 0.485. The van der Waals surface area contributed by atoms with Gasteiger partial charge in [0.2, 0.25) is 0 Å². The van der Waals surface area contributed by atoms with Gasteiger partial charge in [-0.2, -0.15) is 5.26 Å². The van der Waals surface area contributed by atoms with Crippen LogP contribution < -0.4 is 0 Å². The zero-order valence-electron chi connectivity index (χ0n) is 15.9. The van der Waals surface area contributed by atoms with E-state index in [4.69, 9.17) is 10.00 Å². The predicted octanol–water partition coefficient (Wildman–Crippen LogP) is 3.71. The maximum Gasteiger partial charge on any atom is 0.338 e. The van der Waals surface area contributed by atoms with Gasteiger partial charge < -0.3 is 4.74 Å². The first-order valence-corrected chi connectivity index (χ1v) is 9.27. The van der Waals surface area contributed by atoms with Crippen molar-refractivity contribution in [3.05, 3.63) is 106 Å². The molecule has 0 atom stereocenters. The molecule has 0 aliphatic carbocycles. The Morgan fingerprint density at radius 3 is 2.27 bits per heavy atom. The molecule has 1 aliphatic heterocycles. The molecule has 0 saturated carbocycles. The van der Waals surface area contributed by atoms with Crippen LogP contribution in [0, 0.1) is 11.3 Å². The lowest BCUT2D eigenvalue weighted by molar-refractivity contribution is 0.0472. The number of hydrogen-bond donors (Lipinski definition) is 0. The van der Waals surface area contributed by atoms with E-state index in [0.29, 0.717) is 5.56 Å². The topological polar surface area (TPSA) is 87.5 Å². The molecule has 0 N–H and O–H groups in total. The first kappa shape index (κ1) is 19.1. The van der Waals surface area contributed by atoms with E-state index < -0.39 is 11.9 Å². The van der Waals surface area contributed by atoms with E-state index in [1.54, 1.807) is 24.3 Å². The molecule has 146 valence electrons. The van der Waals surface area contributed by atoms with Gasteiger partial charge in [0, 0.05) is 0 Å².